The lowest BCUT2D eigenvalue weighted by atomic mass is 10.1. The van der Waals surface area contributed by atoms with Gasteiger partial charge in [-0.15, -0.1) is 24.0 Å². The predicted octanol–water partition coefficient (Wildman–Crippen LogP) is 4.29. The van der Waals surface area contributed by atoms with Crippen LogP contribution in [0.5, 0.6) is 0 Å². The number of aromatic nitrogens is 1. The summed E-state index contributed by atoms with van der Waals surface area (Å²) in [7, 11) is 1.77. The van der Waals surface area contributed by atoms with Gasteiger partial charge >= 0.3 is 0 Å². The number of anilines is 1. The zero-order chi connectivity index (χ0) is 20.6. The van der Waals surface area contributed by atoms with Crippen molar-refractivity contribution >= 4 is 52.4 Å². The monoisotopic (exact) mass is 519 g/mol. The molecule has 0 aliphatic carbocycles. The molecule has 1 amide bonds. The molecular formula is C23H30IN5O. The van der Waals surface area contributed by atoms with Crippen LogP contribution in [0.15, 0.2) is 59.7 Å². The highest BCUT2D eigenvalue weighted by Gasteiger charge is 2.07. The summed E-state index contributed by atoms with van der Waals surface area (Å²) in [5.41, 5.74) is 4.39. The van der Waals surface area contributed by atoms with Crippen molar-refractivity contribution in [3.05, 3.63) is 65.9 Å². The minimum absolute atomic E-state index is 0. The molecule has 0 bridgehead atoms. The Kier molecular flexibility index (Phi) is 9.16. The molecule has 7 heteroatoms. The molecule has 0 saturated carbocycles. The van der Waals surface area contributed by atoms with Crippen molar-refractivity contribution in [1.82, 2.24) is 15.6 Å². The largest absolute Gasteiger partial charge is 0.361 e. The fourth-order valence-electron chi connectivity index (χ4n) is 3.05. The first-order chi connectivity index (χ1) is 14.1. The zero-order valence-corrected chi connectivity index (χ0v) is 20.0. The highest BCUT2D eigenvalue weighted by Crippen LogP contribution is 2.17. The summed E-state index contributed by atoms with van der Waals surface area (Å²) < 4.78 is 0. The number of para-hydroxylation sites is 1. The van der Waals surface area contributed by atoms with Gasteiger partial charge in [-0.1, -0.05) is 44.2 Å². The van der Waals surface area contributed by atoms with Crippen LogP contribution in [0.3, 0.4) is 0 Å². The fourth-order valence-corrected chi connectivity index (χ4v) is 3.05. The number of hydrogen-bond donors (Lipinski definition) is 4. The Balaban J connectivity index is 0.00000320. The Labute approximate surface area is 195 Å². The summed E-state index contributed by atoms with van der Waals surface area (Å²) in [5, 5.41) is 10.9. The predicted molar refractivity (Wildman–Crippen MR) is 136 cm³/mol. The first kappa shape index (κ1) is 23.7. The van der Waals surface area contributed by atoms with Crippen molar-refractivity contribution in [2.75, 3.05) is 18.9 Å². The standard InChI is InChI=1S/C23H29N5O.HI/c1-16(2)22(29)28-19-10-8-17(9-11-19)14-27-23(24-3)25-13-12-18-15-26-21-7-5-4-6-20(18)21;/h4-11,15-16,26H,12-14H2,1-3H3,(H,28,29)(H2,24,25,27);1H. The van der Waals surface area contributed by atoms with Crippen LogP contribution in [0.2, 0.25) is 0 Å². The molecule has 3 rings (SSSR count). The molecule has 6 nitrogen and oxygen atoms in total. The SMILES string of the molecule is CN=C(NCCc1c[nH]c2ccccc12)NCc1ccc(NC(=O)C(C)C)cc1.I. The smallest absolute Gasteiger partial charge is 0.226 e. The number of benzene rings is 2. The van der Waals surface area contributed by atoms with E-state index in [-0.39, 0.29) is 35.8 Å². The number of rotatable bonds is 7. The van der Waals surface area contributed by atoms with Gasteiger partial charge in [-0.25, -0.2) is 0 Å². The minimum Gasteiger partial charge on any atom is -0.361 e. The van der Waals surface area contributed by atoms with Crippen molar-refractivity contribution in [2.24, 2.45) is 10.9 Å². The Bertz CT molecular complexity index is 979. The Morgan fingerprint density at radius 1 is 1.07 bits per heavy atom. The average Bonchev–Trinajstić information content (AvgIpc) is 3.14. The lowest BCUT2D eigenvalue weighted by Gasteiger charge is -2.12. The number of fused-ring (bicyclic) bond motifs is 1. The molecule has 0 atom stereocenters. The van der Waals surface area contributed by atoms with Gasteiger partial charge in [0.25, 0.3) is 0 Å². The highest BCUT2D eigenvalue weighted by molar-refractivity contribution is 14.0. The van der Waals surface area contributed by atoms with Crippen molar-refractivity contribution in [1.29, 1.82) is 0 Å². The number of carbonyl (C=O) groups is 1. The van der Waals surface area contributed by atoms with Crippen molar-refractivity contribution < 1.29 is 4.79 Å². The van der Waals surface area contributed by atoms with Crippen molar-refractivity contribution in [2.45, 2.75) is 26.8 Å². The van der Waals surface area contributed by atoms with Gasteiger partial charge in [0, 0.05) is 48.8 Å². The van der Waals surface area contributed by atoms with E-state index in [1.54, 1.807) is 7.05 Å². The molecule has 0 spiro atoms. The number of hydrogen-bond acceptors (Lipinski definition) is 2. The number of nitrogens with zero attached hydrogens (tertiary/aromatic N) is 1. The van der Waals surface area contributed by atoms with E-state index in [2.05, 4.69) is 50.3 Å². The molecule has 0 aliphatic heterocycles. The number of amides is 1. The molecule has 0 radical (unpaired) electrons. The molecule has 3 aromatic rings. The molecule has 4 N–H and O–H groups in total. The van der Waals surface area contributed by atoms with Crippen LogP contribution < -0.4 is 16.0 Å². The van der Waals surface area contributed by atoms with Crippen molar-refractivity contribution in [3.8, 4) is 0 Å². The van der Waals surface area contributed by atoms with Gasteiger partial charge in [-0.3, -0.25) is 9.79 Å². The van der Waals surface area contributed by atoms with E-state index in [0.29, 0.717) is 6.54 Å². The number of aliphatic imine (C=N–C) groups is 1. The molecule has 2 aromatic carbocycles. The number of nitrogens with one attached hydrogen (secondary N) is 4. The van der Waals surface area contributed by atoms with Crippen LogP contribution in [-0.4, -0.2) is 30.4 Å². The summed E-state index contributed by atoms with van der Waals surface area (Å²) in [4.78, 5) is 19.4. The lowest BCUT2D eigenvalue weighted by Crippen LogP contribution is -2.37. The molecule has 0 saturated heterocycles. The number of carbonyl (C=O) groups excluding carboxylic acids is 1. The number of guanidine groups is 1. The Morgan fingerprint density at radius 2 is 1.80 bits per heavy atom. The third-order valence-electron chi connectivity index (χ3n) is 4.79. The number of aromatic amines is 1. The van der Waals surface area contributed by atoms with Crippen LogP contribution in [0, 0.1) is 5.92 Å². The van der Waals surface area contributed by atoms with Gasteiger partial charge in [0.15, 0.2) is 5.96 Å². The topological polar surface area (TPSA) is 81.3 Å². The number of H-pyrrole nitrogens is 1. The maximum Gasteiger partial charge on any atom is 0.226 e. The zero-order valence-electron chi connectivity index (χ0n) is 17.7. The van der Waals surface area contributed by atoms with E-state index < -0.39 is 0 Å². The summed E-state index contributed by atoms with van der Waals surface area (Å²) >= 11 is 0. The second-order valence-corrected chi connectivity index (χ2v) is 7.30. The minimum atomic E-state index is -0.0324. The Hall–Kier alpha value is -2.55. The van der Waals surface area contributed by atoms with Crippen LogP contribution >= 0.6 is 24.0 Å². The average molecular weight is 519 g/mol. The lowest BCUT2D eigenvalue weighted by molar-refractivity contribution is -0.118. The summed E-state index contributed by atoms with van der Waals surface area (Å²) in [6, 6.07) is 16.2. The van der Waals surface area contributed by atoms with E-state index in [0.717, 1.165) is 35.7 Å². The van der Waals surface area contributed by atoms with Crippen LogP contribution in [0.4, 0.5) is 5.69 Å². The fraction of sp³-hybridized carbons (Fsp3) is 0.304. The molecule has 0 unspecified atom stereocenters. The normalized spacial score (nSPS) is 11.3. The number of halogens is 1. The van der Waals surface area contributed by atoms with E-state index >= 15 is 0 Å². The second-order valence-electron chi connectivity index (χ2n) is 7.30. The van der Waals surface area contributed by atoms with Gasteiger partial charge in [-0.05, 0) is 35.7 Å². The van der Waals surface area contributed by atoms with Gasteiger partial charge in [-0.2, -0.15) is 0 Å². The highest BCUT2D eigenvalue weighted by atomic mass is 127. The van der Waals surface area contributed by atoms with Gasteiger partial charge in [0.05, 0.1) is 0 Å². The first-order valence-electron chi connectivity index (χ1n) is 9.96. The molecule has 1 heterocycles. The summed E-state index contributed by atoms with van der Waals surface area (Å²) in [6.07, 6.45) is 2.98. The van der Waals surface area contributed by atoms with Crippen LogP contribution in [-0.2, 0) is 17.8 Å². The van der Waals surface area contributed by atoms with Gasteiger partial charge in [0.1, 0.15) is 0 Å². The summed E-state index contributed by atoms with van der Waals surface area (Å²) in [6.45, 7) is 5.21. The van der Waals surface area contributed by atoms with E-state index in [1.165, 1.54) is 10.9 Å². The molecule has 0 aliphatic rings. The maximum atomic E-state index is 11.8. The quantitative estimate of drug-likeness (QED) is 0.214. The molecule has 30 heavy (non-hydrogen) atoms. The first-order valence-corrected chi connectivity index (χ1v) is 9.96. The van der Waals surface area contributed by atoms with E-state index in [9.17, 15) is 4.79 Å². The van der Waals surface area contributed by atoms with Gasteiger partial charge in [0.2, 0.25) is 5.91 Å². The van der Waals surface area contributed by atoms with E-state index in [1.807, 2.05) is 44.2 Å². The maximum absolute atomic E-state index is 11.8. The molecular weight excluding hydrogens is 489 g/mol. The third-order valence-corrected chi connectivity index (χ3v) is 4.79. The van der Waals surface area contributed by atoms with E-state index in [4.69, 9.17) is 0 Å². The second kappa shape index (κ2) is 11.6. The van der Waals surface area contributed by atoms with Crippen molar-refractivity contribution in [3.63, 3.8) is 0 Å². The Morgan fingerprint density at radius 3 is 2.50 bits per heavy atom. The summed E-state index contributed by atoms with van der Waals surface area (Å²) in [5.74, 6) is 0.757. The molecule has 1 aromatic heterocycles. The van der Waals surface area contributed by atoms with Crippen LogP contribution in [0.1, 0.15) is 25.0 Å². The molecule has 0 fully saturated rings. The third kappa shape index (κ3) is 6.48. The van der Waals surface area contributed by atoms with Gasteiger partial charge < -0.3 is 20.9 Å². The van der Waals surface area contributed by atoms with Crippen LogP contribution in [0.25, 0.3) is 10.9 Å². The molecule has 160 valence electrons.